The molecule has 3 heteroatoms. The molecule has 1 N–H and O–H groups in total. The summed E-state index contributed by atoms with van der Waals surface area (Å²) in [5, 5.41) is 11.0. The van der Waals surface area contributed by atoms with E-state index < -0.39 is 5.60 Å². The number of hydrogen-bond donors (Lipinski definition) is 1. The van der Waals surface area contributed by atoms with Crippen LogP contribution in [0.2, 0.25) is 0 Å². The van der Waals surface area contributed by atoms with Gasteiger partial charge in [0, 0.05) is 11.6 Å². The summed E-state index contributed by atoms with van der Waals surface area (Å²) in [6.07, 6.45) is 2.76. The molecule has 106 valence electrons. The third-order valence-corrected chi connectivity index (χ3v) is 4.09. The van der Waals surface area contributed by atoms with Crippen LogP contribution in [0.5, 0.6) is 11.5 Å². The van der Waals surface area contributed by atoms with Crippen LogP contribution in [-0.2, 0) is 5.60 Å². The summed E-state index contributed by atoms with van der Waals surface area (Å²) in [5.74, 6) is 2.52. The Bertz CT molecular complexity index is 432. The number of hydrogen-bond acceptors (Lipinski definition) is 3. The molecule has 1 saturated carbocycles. The molecule has 2 atom stereocenters. The molecule has 2 unspecified atom stereocenters. The van der Waals surface area contributed by atoms with Crippen molar-refractivity contribution in [2.24, 2.45) is 11.8 Å². The predicted octanol–water partition coefficient (Wildman–Crippen LogP) is 3.35. The van der Waals surface area contributed by atoms with Crippen molar-refractivity contribution < 1.29 is 14.6 Å². The lowest BCUT2D eigenvalue weighted by atomic mass is 9.70. The molecule has 0 spiro atoms. The van der Waals surface area contributed by atoms with Gasteiger partial charge in [0.2, 0.25) is 0 Å². The summed E-state index contributed by atoms with van der Waals surface area (Å²) < 4.78 is 10.6. The lowest BCUT2D eigenvalue weighted by Gasteiger charge is -2.40. The van der Waals surface area contributed by atoms with Gasteiger partial charge >= 0.3 is 0 Å². The quantitative estimate of drug-likeness (QED) is 0.910. The molecule has 0 aromatic heterocycles. The summed E-state index contributed by atoms with van der Waals surface area (Å²) in [6.45, 7) is 4.41. The van der Waals surface area contributed by atoms with Gasteiger partial charge in [0.25, 0.3) is 0 Å². The molecule has 1 aliphatic rings. The van der Waals surface area contributed by atoms with Gasteiger partial charge in [-0.15, -0.1) is 0 Å². The average Bonchev–Trinajstić information content (AvgIpc) is 2.36. The number of benzene rings is 1. The fourth-order valence-electron chi connectivity index (χ4n) is 3.49. The Balaban J connectivity index is 2.39. The summed E-state index contributed by atoms with van der Waals surface area (Å²) in [7, 11) is 3.27. The van der Waals surface area contributed by atoms with Crippen molar-refractivity contribution in [1.29, 1.82) is 0 Å². The van der Waals surface area contributed by atoms with Gasteiger partial charge in [-0.2, -0.15) is 0 Å². The number of methoxy groups -OCH3 is 2. The van der Waals surface area contributed by atoms with Crippen LogP contribution in [0, 0.1) is 11.8 Å². The first-order valence-electron chi connectivity index (χ1n) is 6.93. The monoisotopic (exact) mass is 264 g/mol. The molecular weight excluding hydrogens is 240 g/mol. The SMILES string of the molecule is COc1ccc(C2(O)CC(C)CC(C)C2)c(OC)c1. The van der Waals surface area contributed by atoms with E-state index in [-0.39, 0.29) is 0 Å². The average molecular weight is 264 g/mol. The highest BCUT2D eigenvalue weighted by Crippen LogP contribution is 2.46. The molecular formula is C16H24O3. The van der Waals surface area contributed by atoms with Crippen LogP contribution in [0.4, 0.5) is 0 Å². The predicted molar refractivity (Wildman–Crippen MR) is 75.6 cm³/mol. The van der Waals surface area contributed by atoms with E-state index in [4.69, 9.17) is 9.47 Å². The second-order valence-corrected chi connectivity index (χ2v) is 5.95. The Morgan fingerprint density at radius 2 is 1.74 bits per heavy atom. The highest BCUT2D eigenvalue weighted by molar-refractivity contribution is 5.44. The Kier molecular flexibility index (Phi) is 4.04. The second kappa shape index (κ2) is 5.41. The van der Waals surface area contributed by atoms with E-state index in [1.807, 2.05) is 18.2 Å². The van der Waals surface area contributed by atoms with Gasteiger partial charge in [-0.3, -0.25) is 0 Å². The van der Waals surface area contributed by atoms with Crippen LogP contribution >= 0.6 is 0 Å². The molecule has 0 heterocycles. The largest absolute Gasteiger partial charge is 0.497 e. The zero-order chi connectivity index (χ0) is 14.0. The molecule has 1 fully saturated rings. The Morgan fingerprint density at radius 3 is 2.26 bits per heavy atom. The molecule has 19 heavy (non-hydrogen) atoms. The van der Waals surface area contributed by atoms with Crippen LogP contribution < -0.4 is 9.47 Å². The van der Waals surface area contributed by atoms with E-state index in [2.05, 4.69) is 13.8 Å². The minimum Gasteiger partial charge on any atom is -0.497 e. The van der Waals surface area contributed by atoms with Gasteiger partial charge < -0.3 is 14.6 Å². The van der Waals surface area contributed by atoms with Gasteiger partial charge in [-0.1, -0.05) is 13.8 Å². The van der Waals surface area contributed by atoms with E-state index in [9.17, 15) is 5.11 Å². The van der Waals surface area contributed by atoms with Crippen molar-refractivity contribution in [1.82, 2.24) is 0 Å². The molecule has 0 bridgehead atoms. The van der Waals surface area contributed by atoms with Gasteiger partial charge in [0.05, 0.1) is 19.8 Å². The molecule has 0 aliphatic heterocycles. The fraction of sp³-hybridized carbons (Fsp3) is 0.625. The van der Waals surface area contributed by atoms with Crippen molar-refractivity contribution in [2.45, 2.75) is 38.7 Å². The number of rotatable bonds is 3. The van der Waals surface area contributed by atoms with Crippen molar-refractivity contribution in [2.75, 3.05) is 14.2 Å². The molecule has 1 aromatic carbocycles. The third kappa shape index (κ3) is 2.86. The second-order valence-electron chi connectivity index (χ2n) is 5.95. The minimum absolute atomic E-state index is 0.528. The van der Waals surface area contributed by atoms with Crippen molar-refractivity contribution in [3.8, 4) is 11.5 Å². The maximum Gasteiger partial charge on any atom is 0.128 e. The lowest BCUT2D eigenvalue weighted by Crippen LogP contribution is -2.35. The van der Waals surface area contributed by atoms with E-state index in [0.29, 0.717) is 17.6 Å². The third-order valence-electron chi connectivity index (χ3n) is 4.09. The smallest absolute Gasteiger partial charge is 0.128 e. The summed E-state index contributed by atoms with van der Waals surface area (Å²) in [6, 6.07) is 5.67. The zero-order valence-electron chi connectivity index (χ0n) is 12.3. The number of aliphatic hydroxyl groups is 1. The minimum atomic E-state index is -0.783. The molecule has 3 nitrogen and oxygen atoms in total. The maximum absolute atomic E-state index is 11.0. The van der Waals surface area contributed by atoms with Crippen LogP contribution in [0.15, 0.2) is 18.2 Å². The van der Waals surface area contributed by atoms with E-state index in [1.54, 1.807) is 14.2 Å². The normalized spacial score (nSPS) is 31.0. The molecule has 0 saturated heterocycles. The number of ether oxygens (including phenoxy) is 2. The van der Waals surface area contributed by atoms with E-state index >= 15 is 0 Å². The topological polar surface area (TPSA) is 38.7 Å². The zero-order valence-corrected chi connectivity index (χ0v) is 12.3. The first-order valence-corrected chi connectivity index (χ1v) is 6.93. The van der Waals surface area contributed by atoms with Crippen LogP contribution in [0.1, 0.15) is 38.7 Å². The van der Waals surface area contributed by atoms with Crippen LogP contribution in [0.25, 0.3) is 0 Å². The fourth-order valence-corrected chi connectivity index (χ4v) is 3.49. The first kappa shape index (κ1) is 14.2. The van der Waals surface area contributed by atoms with Crippen molar-refractivity contribution >= 4 is 0 Å². The molecule has 0 radical (unpaired) electrons. The Hall–Kier alpha value is -1.22. The Labute approximate surface area is 115 Å². The standard InChI is InChI=1S/C16H24O3/c1-11-7-12(2)10-16(17,9-11)14-6-5-13(18-3)8-15(14)19-4/h5-6,8,11-12,17H,7,9-10H2,1-4H3. The van der Waals surface area contributed by atoms with Crippen molar-refractivity contribution in [3.05, 3.63) is 23.8 Å². The van der Waals surface area contributed by atoms with Gasteiger partial charge in [0.15, 0.2) is 0 Å². The van der Waals surface area contributed by atoms with Crippen LogP contribution in [0.3, 0.4) is 0 Å². The molecule has 2 rings (SSSR count). The molecule has 0 amide bonds. The summed E-state index contributed by atoms with van der Waals surface area (Å²) in [5.41, 5.74) is 0.100. The Morgan fingerprint density at radius 1 is 1.11 bits per heavy atom. The summed E-state index contributed by atoms with van der Waals surface area (Å²) >= 11 is 0. The van der Waals surface area contributed by atoms with Gasteiger partial charge in [0.1, 0.15) is 11.5 Å². The molecule has 1 aliphatic carbocycles. The molecule has 1 aromatic rings. The van der Waals surface area contributed by atoms with E-state index in [1.165, 1.54) is 6.42 Å². The van der Waals surface area contributed by atoms with Crippen molar-refractivity contribution in [3.63, 3.8) is 0 Å². The van der Waals surface area contributed by atoms with Gasteiger partial charge in [-0.05, 0) is 43.2 Å². The lowest BCUT2D eigenvalue weighted by molar-refractivity contribution is -0.0378. The van der Waals surface area contributed by atoms with Gasteiger partial charge in [-0.25, -0.2) is 0 Å². The first-order chi connectivity index (χ1) is 8.98. The highest BCUT2D eigenvalue weighted by atomic mass is 16.5. The maximum atomic E-state index is 11.0. The van der Waals surface area contributed by atoms with E-state index in [0.717, 1.165) is 24.2 Å². The van der Waals surface area contributed by atoms with Crippen LogP contribution in [-0.4, -0.2) is 19.3 Å². The highest BCUT2D eigenvalue weighted by Gasteiger charge is 2.39. The summed E-state index contributed by atoms with van der Waals surface area (Å²) in [4.78, 5) is 0.